The number of hydrogen-bond acceptors (Lipinski definition) is 5. The second kappa shape index (κ2) is 5.91. The van der Waals surface area contributed by atoms with Crippen LogP contribution in [-0.2, 0) is 0 Å². The maximum absolute atomic E-state index is 11.5. The van der Waals surface area contributed by atoms with Gasteiger partial charge in [-0.25, -0.2) is 19.7 Å². The van der Waals surface area contributed by atoms with Crippen LogP contribution in [0.2, 0.25) is 0 Å². The summed E-state index contributed by atoms with van der Waals surface area (Å²) in [5, 5.41) is 8.70. The molecule has 2 rings (SSSR count). The molecular weight excluding hydrogens is 248 g/mol. The number of hydrogen-bond donors (Lipinski definition) is 3. The van der Waals surface area contributed by atoms with Crippen molar-refractivity contribution in [1.82, 2.24) is 19.9 Å². The SMILES string of the molecule is NC(=O)N(C=CCCCO)c1ncnc2nc[nH]c12. The van der Waals surface area contributed by atoms with Gasteiger partial charge in [0.05, 0.1) is 6.33 Å². The molecule has 0 spiro atoms. The van der Waals surface area contributed by atoms with Gasteiger partial charge in [-0.3, -0.25) is 4.90 Å². The van der Waals surface area contributed by atoms with E-state index in [2.05, 4.69) is 19.9 Å². The molecule has 0 aliphatic heterocycles. The summed E-state index contributed by atoms with van der Waals surface area (Å²) in [6.07, 6.45) is 7.31. The molecule has 0 aliphatic rings. The number of allylic oxidation sites excluding steroid dienone is 1. The van der Waals surface area contributed by atoms with Gasteiger partial charge in [-0.2, -0.15) is 0 Å². The van der Waals surface area contributed by atoms with E-state index in [1.165, 1.54) is 23.8 Å². The van der Waals surface area contributed by atoms with E-state index in [4.69, 9.17) is 10.8 Å². The Morgan fingerprint density at radius 3 is 3.05 bits per heavy atom. The molecule has 2 heterocycles. The molecule has 0 radical (unpaired) electrons. The van der Waals surface area contributed by atoms with Gasteiger partial charge in [-0.15, -0.1) is 0 Å². The van der Waals surface area contributed by atoms with Crippen LogP contribution in [0.1, 0.15) is 12.8 Å². The lowest BCUT2D eigenvalue weighted by molar-refractivity contribution is 0.255. The molecule has 0 saturated heterocycles. The molecule has 2 amide bonds. The van der Waals surface area contributed by atoms with Gasteiger partial charge in [-0.1, -0.05) is 6.08 Å². The van der Waals surface area contributed by atoms with E-state index in [1.807, 2.05) is 0 Å². The first-order chi connectivity index (χ1) is 9.24. The number of rotatable bonds is 5. The molecule has 2 aromatic rings. The Kier molecular flexibility index (Phi) is 4.04. The first-order valence-electron chi connectivity index (χ1n) is 5.74. The molecule has 0 aliphatic carbocycles. The fraction of sp³-hybridized carbons (Fsp3) is 0.273. The Morgan fingerprint density at radius 1 is 1.47 bits per heavy atom. The van der Waals surface area contributed by atoms with Gasteiger partial charge in [0.15, 0.2) is 11.5 Å². The maximum atomic E-state index is 11.5. The van der Waals surface area contributed by atoms with E-state index in [9.17, 15) is 4.79 Å². The van der Waals surface area contributed by atoms with Crippen molar-refractivity contribution in [3.63, 3.8) is 0 Å². The van der Waals surface area contributed by atoms with Crippen LogP contribution in [0.5, 0.6) is 0 Å². The van der Waals surface area contributed by atoms with Crippen LogP contribution >= 0.6 is 0 Å². The van der Waals surface area contributed by atoms with E-state index in [-0.39, 0.29) is 6.61 Å². The van der Waals surface area contributed by atoms with Crippen LogP contribution in [0, 0.1) is 0 Å². The van der Waals surface area contributed by atoms with Gasteiger partial charge >= 0.3 is 6.03 Å². The molecule has 19 heavy (non-hydrogen) atoms. The molecule has 0 fully saturated rings. The van der Waals surface area contributed by atoms with Gasteiger partial charge in [0, 0.05) is 12.8 Å². The monoisotopic (exact) mass is 262 g/mol. The van der Waals surface area contributed by atoms with Crippen molar-refractivity contribution in [1.29, 1.82) is 0 Å². The summed E-state index contributed by atoms with van der Waals surface area (Å²) in [5.74, 6) is 0.343. The van der Waals surface area contributed by atoms with Crippen LogP contribution < -0.4 is 10.6 Å². The van der Waals surface area contributed by atoms with Crippen LogP contribution in [0.3, 0.4) is 0 Å². The predicted octanol–water partition coefficient (Wildman–Crippen LogP) is 0.524. The average Bonchev–Trinajstić information content (AvgIpc) is 2.87. The standard InChI is InChI=1S/C11H14N6O2/c12-11(19)17(4-2-1-3-5-18)10-8-9(14-6-13-8)15-7-16-10/h2,4,6-7,18H,1,3,5H2,(H2,12,19)(H,13,14,15,16). The van der Waals surface area contributed by atoms with Crippen molar-refractivity contribution in [3.8, 4) is 0 Å². The number of nitrogens with zero attached hydrogens (tertiary/aromatic N) is 4. The second-order valence-corrected chi connectivity index (χ2v) is 3.76. The quantitative estimate of drug-likeness (QED) is 0.678. The van der Waals surface area contributed by atoms with E-state index in [1.54, 1.807) is 6.08 Å². The summed E-state index contributed by atoms with van der Waals surface area (Å²) >= 11 is 0. The number of aliphatic hydroxyl groups excluding tert-OH is 1. The van der Waals surface area contributed by atoms with Crippen molar-refractivity contribution in [2.24, 2.45) is 5.73 Å². The summed E-state index contributed by atoms with van der Waals surface area (Å²) in [7, 11) is 0. The summed E-state index contributed by atoms with van der Waals surface area (Å²) in [6, 6.07) is -0.658. The third-order valence-electron chi connectivity index (χ3n) is 2.45. The highest BCUT2D eigenvalue weighted by Crippen LogP contribution is 2.19. The van der Waals surface area contributed by atoms with Crippen molar-refractivity contribution < 1.29 is 9.90 Å². The number of H-pyrrole nitrogens is 1. The number of amides is 2. The third kappa shape index (κ3) is 2.86. The number of aliphatic hydroxyl groups is 1. The summed E-state index contributed by atoms with van der Waals surface area (Å²) in [5.41, 5.74) is 6.33. The van der Waals surface area contributed by atoms with Gasteiger partial charge < -0.3 is 15.8 Å². The van der Waals surface area contributed by atoms with Crippen LogP contribution in [-0.4, -0.2) is 37.7 Å². The molecule has 0 saturated carbocycles. The molecule has 0 aromatic carbocycles. The van der Waals surface area contributed by atoms with E-state index >= 15 is 0 Å². The van der Waals surface area contributed by atoms with Crippen molar-refractivity contribution in [2.75, 3.05) is 11.5 Å². The number of fused-ring (bicyclic) bond motifs is 1. The number of urea groups is 1. The average molecular weight is 262 g/mol. The number of imidazole rings is 1. The number of aromatic amines is 1. The Labute approximate surface area is 109 Å². The maximum Gasteiger partial charge on any atom is 0.324 e. The molecule has 4 N–H and O–H groups in total. The fourth-order valence-corrected chi connectivity index (χ4v) is 1.57. The molecule has 0 bridgehead atoms. The summed E-state index contributed by atoms with van der Waals surface area (Å²) < 4.78 is 0. The smallest absolute Gasteiger partial charge is 0.324 e. The first-order valence-corrected chi connectivity index (χ1v) is 5.74. The van der Waals surface area contributed by atoms with Crippen LogP contribution in [0.15, 0.2) is 24.9 Å². The largest absolute Gasteiger partial charge is 0.396 e. The minimum absolute atomic E-state index is 0.0964. The zero-order chi connectivity index (χ0) is 13.7. The van der Waals surface area contributed by atoms with Crippen LogP contribution in [0.4, 0.5) is 10.6 Å². The number of carbonyl (C=O) groups excluding carboxylic acids is 1. The Hall–Kier alpha value is -2.48. The zero-order valence-corrected chi connectivity index (χ0v) is 10.2. The molecule has 8 heteroatoms. The number of primary amides is 1. The van der Waals surface area contributed by atoms with Crippen molar-refractivity contribution in [3.05, 3.63) is 24.9 Å². The van der Waals surface area contributed by atoms with Crippen LogP contribution in [0.25, 0.3) is 11.2 Å². The Morgan fingerprint density at radius 2 is 2.32 bits per heavy atom. The van der Waals surface area contributed by atoms with Gasteiger partial charge in [-0.05, 0) is 12.8 Å². The minimum atomic E-state index is -0.658. The van der Waals surface area contributed by atoms with E-state index in [0.717, 1.165) is 0 Å². The predicted molar refractivity (Wildman–Crippen MR) is 69.2 cm³/mol. The van der Waals surface area contributed by atoms with Gasteiger partial charge in [0.2, 0.25) is 0 Å². The Bertz CT molecular complexity index is 594. The number of nitrogens with two attached hydrogens (primary N) is 1. The highest BCUT2D eigenvalue weighted by molar-refractivity contribution is 5.98. The lowest BCUT2D eigenvalue weighted by atomic mass is 10.3. The van der Waals surface area contributed by atoms with E-state index < -0.39 is 6.03 Å². The lowest BCUT2D eigenvalue weighted by Crippen LogP contribution is -2.31. The molecule has 8 nitrogen and oxygen atoms in total. The summed E-state index contributed by atoms with van der Waals surface area (Å²) in [6.45, 7) is 0.0964. The van der Waals surface area contributed by atoms with Crippen molar-refractivity contribution in [2.45, 2.75) is 12.8 Å². The molecule has 100 valence electrons. The van der Waals surface area contributed by atoms with Crippen molar-refractivity contribution >= 4 is 23.0 Å². The number of nitrogens with one attached hydrogen (secondary N) is 1. The van der Waals surface area contributed by atoms with E-state index in [0.29, 0.717) is 29.8 Å². The molecule has 0 atom stereocenters. The number of anilines is 1. The highest BCUT2D eigenvalue weighted by Gasteiger charge is 2.15. The molecular formula is C11H14N6O2. The Balaban J connectivity index is 2.31. The molecule has 0 unspecified atom stereocenters. The number of carbonyl (C=O) groups is 1. The fourth-order valence-electron chi connectivity index (χ4n) is 1.57. The normalized spacial score (nSPS) is 11.2. The van der Waals surface area contributed by atoms with Gasteiger partial charge in [0.25, 0.3) is 0 Å². The van der Waals surface area contributed by atoms with Gasteiger partial charge in [0.1, 0.15) is 11.8 Å². The summed E-state index contributed by atoms with van der Waals surface area (Å²) in [4.78, 5) is 27.5. The zero-order valence-electron chi connectivity index (χ0n) is 10.2. The third-order valence-corrected chi connectivity index (χ3v) is 2.45. The minimum Gasteiger partial charge on any atom is -0.396 e. The topological polar surface area (TPSA) is 121 Å². The second-order valence-electron chi connectivity index (χ2n) is 3.76. The highest BCUT2D eigenvalue weighted by atomic mass is 16.2. The number of aromatic nitrogens is 4. The first kappa shape index (κ1) is 13.0. The lowest BCUT2D eigenvalue weighted by Gasteiger charge is -2.14. The number of unbranched alkanes of at least 4 members (excludes halogenated alkanes) is 1. The molecule has 2 aromatic heterocycles.